The van der Waals surface area contributed by atoms with Crippen molar-refractivity contribution >= 4 is 62.6 Å². The largest absolute Gasteiger partial charge is 0.508 e. The molecule has 1 aliphatic carbocycles. The summed E-state index contributed by atoms with van der Waals surface area (Å²) < 4.78 is 38.6. The summed E-state index contributed by atoms with van der Waals surface area (Å²) in [6, 6.07) is 10.6. The third kappa shape index (κ3) is 8.14. The number of piperazine rings is 1. The van der Waals surface area contributed by atoms with Gasteiger partial charge in [0.1, 0.15) is 28.6 Å². The Morgan fingerprint density at radius 3 is 2.42 bits per heavy atom. The summed E-state index contributed by atoms with van der Waals surface area (Å²) in [7, 11) is 0. The number of benzene rings is 3. The number of hydrogen-bond donors (Lipinski definition) is 3. The Kier molecular flexibility index (Phi) is 10.9. The van der Waals surface area contributed by atoms with E-state index in [1.807, 2.05) is 4.90 Å². The van der Waals surface area contributed by atoms with E-state index in [2.05, 4.69) is 31.3 Å². The van der Waals surface area contributed by atoms with E-state index in [-0.39, 0.29) is 87.2 Å². The predicted octanol–water partition coefficient (Wildman–Crippen LogP) is 7.03. The van der Waals surface area contributed by atoms with Crippen molar-refractivity contribution in [2.45, 2.75) is 69.9 Å². The van der Waals surface area contributed by atoms with Crippen molar-refractivity contribution in [2.75, 3.05) is 68.8 Å². The van der Waals surface area contributed by atoms with Crippen molar-refractivity contribution in [1.29, 1.82) is 0 Å². The molecular formula is C50H50ClF2N9O5. The summed E-state index contributed by atoms with van der Waals surface area (Å²) in [5.41, 5.74) is 0.940. The van der Waals surface area contributed by atoms with Crippen LogP contribution in [0.4, 0.5) is 25.1 Å². The summed E-state index contributed by atoms with van der Waals surface area (Å²) in [4.78, 5) is 60.1. The van der Waals surface area contributed by atoms with Crippen LogP contribution in [0.5, 0.6) is 11.8 Å². The Bertz CT molecular complexity index is 2900. The molecule has 14 nitrogen and oxygen atoms in total. The maximum Gasteiger partial charge on any atom is 0.328 e. The molecule has 2 aromatic heterocycles. The maximum atomic E-state index is 17.1. The maximum absolute atomic E-state index is 17.1. The Labute approximate surface area is 391 Å². The van der Waals surface area contributed by atoms with Crippen LogP contribution in [-0.4, -0.2) is 119 Å². The number of rotatable bonds is 9. The third-order valence-corrected chi connectivity index (χ3v) is 15.5. The van der Waals surface area contributed by atoms with Gasteiger partial charge in [-0.05, 0) is 112 Å². The van der Waals surface area contributed by atoms with Crippen LogP contribution in [0.25, 0.3) is 32.9 Å². The number of pyridine rings is 1. The Morgan fingerprint density at radius 2 is 1.70 bits per heavy atom. The number of terminal acetylenes is 1. The fourth-order valence-electron chi connectivity index (χ4n) is 11.2. The molecule has 7 heterocycles. The van der Waals surface area contributed by atoms with Gasteiger partial charge in [0.05, 0.1) is 28.3 Å². The smallest absolute Gasteiger partial charge is 0.328 e. The molecule has 6 fully saturated rings. The highest BCUT2D eigenvalue weighted by Crippen LogP contribution is 2.49. The molecule has 3 N–H and O–H groups in total. The minimum absolute atomic E-state index is 0.0214. The minimum atomic E-state index is -0.746. The van der Waals surface area contributed by atoms with Crippen LogP contribution in [0.15, 0.2) is 48.7 Å². The molecule has 1 spiro atoms. The number of fused-ring (bicyclic) bond motifs is 4. The monoisotopic (exact) mass is 929 g/mol. The van der Waals surface area contributed by atoms with Gasteiger partial charge < -0.3 is 29.9 Å². The average molecular weight is 930 g/mol. The van der Waals surface area contributed by atoms with E-state index < -0.39 is 17.7 Å². The van der Waals surface area contributed by atoms with E-state index in [1.165, 1.54) is 29.2 Å². The zero-order chi connectivity index (χ0) is 46.2. The van der Waals surface area contributed by atoms with Gasteiger partial charge in [-0.1, -0.05) is 23.6 Å². The number of phenolic OH excluding ortho intramolecular Hbond substituents is 1. The fourth-order valence-corrected chi connectivity index (χ4v) is 11.4. The SMILES string of the molecule is C#Cc1c(F)ccc2cc(O)cc(-c3ncc4c(N5CC6CCC(C5)N6)nc(OCC5(CN6CCC7(CC6)CCN(C(=O)c6ccc(Cl)c(N8CCC(=O)NC8=O)c6)CC7)CC5)nc4c3F)c12. The lowest BCUT2D eigenvalue weighted by atomic mass is 9.71. The van der Waals surface area contributed by atoms with E-state index in [1.54, 1.807) is 24.4 Å². The number of aromatic hydroxyl groups is 1. The summed E-state index contributed by atoms with van der Waals surface area (Å²) in [5, 5.41) is 18.1. The average Bonchev–Trinajstić information content (AvgIpc) is 4.01. The molecule has 346 valence electrons. The summed E-state index contributed by atoms with van der Waals surface area (Å²) in [6.07, 6.45) is 15.4. The van der Waals surface area contributed by atoms with Crippen molar-refractivity contribution in [1.82, 2.24) is 35.4 Å². The molecule has 5 aromatic rings. The van der Waals surface area contributed by atoms with Crippen molar-refractivity contribution in [2.24, 2.45) is 10.8 Å². The number of imide groups is 1. The number of piperidine rings is 2. The number of ether oxygens (including phenoxy) is 1. The molecular weight excluding hydrogens is 880 g/mol. The number of anilines is 2. The van der Waals surface area contributed by atoms with Crippen LogP contribution in [-0.2, 0) is 4.79 Å². The molecule has 17 heteroatoms. The molecule has 4 amide bonds. The first-order valence-corrected chi connectivity index (χ1v) is 23.6. The highest BCUT2D eigenvalue weighted by Gasteiger charge is 2.47. The lowest BCUT2D eigenvalue weighted by Crippen LogP contribution is -2.51. The minimum Gasteiger partial charge on any atom is -0.508 e. The Balaban J connectivity index is 0.774. The van der Waals surface area contributed by atoms with Crippen LogP contribution in [0.3, 0.4) is 0 Å². The Morgan fingerprint density at radius 1 is 0.955 bits per heavy atom. The van der Waals surface area contributed by atoms with Crippen molar-refractivity contribution in [3.05, 3.63) is 76.4 Å². The van der Waals surface area contributed by atoms with Crippen LogP contribution < -0.4 is 25.2 Å². The van der Waals surface area contributed by atoms with Gasteiger partial charge >= 0.3 is 12.0 Å². The second-order valence-electron chi connectivity index (χ2n) is 19.5. The van der Waals surface area contributed by atoms with Crippen molar-refractivity contribution in [3.8, 4) is 35.4 Å². The summed E-state index contributed by atoms with van der Waals surface area (Å²) >= 11 is 6.45. The molecule has 6 aliphatic rings. The molecule has 5 saturated heterocycles. The molecule has 3 aromatic carbocycles. The summed E-state index contributed by atoms with van der Waals surface area (Å²) in [6.45, 7) is 5.97. The number of nitrogens with zero attached hydrogens (tertiary/aromatic N) is 7. The number of phenols is 1. The number of carbonyl (C=O) groups excluding carboxylic acids is 3. The van der Waals surface area contributed by atoms with Gasteiger partial charge in [0.2, 0.25) is 5.91 Å². The number of halogens is 3. The van der Waals surface area contributed by atoms with Gasteiger partial charge in [0, 0.05) is 85.9 Å². The normalized spacial score (nSPS) is 22.3. The topological polar surface area (TPSA) is 156 Å². The fraction of sp³-hybridized carbons (Fsp3) is 0.440. The lowest BCUT2D eigenvalue weighted by Gasteiger charge is -2.47. The molecule has 0 radical (unpaired) electrons. The van der Waals surface area contributed by atoms with Crippen LogP contribution in [0.2, 0.25) is 5.02 Å². The predicted molar refractivity (Wildman–Crippen MR) is 249 cm³/mol. The summed E-state index contributed by atoms with van der Waals surface area (Å²) in [5.74, 6) is 0.991. The number of likely N-dealkylation sites (tertiary alicyclic amines) is 2. The van der Waals surface area contributed by atoms with Crippen molar-refractivity contribution in [3.63, 3.8) is 0 Å². The molecule has 1 saturated carbocycles. The highest BCUT2D eigenvalue weighted by molar-refractivity contribution is 6.34. The van der Waals surface area contributed by atoms with Gasteiger partial charge in [-0.15, -0.1) is 6.42 Å². The number of aromatic nitrogens is 3. The van der Waals surface area contributed by atoms with Gasteiger partial charge in [-0.3, -0.25) is 24.8 Å². The van der Waals surface area contributed by atoms with Crippen molar-refractivity contribution < 1.29 is 33.0 Å². The van der Waals surface area contributed by atoms with Crippen LogP contribution in [0.1, 0.15) is 73.7 Å². The van der Waals surface area contributed by atoms with E-state index in [9.17, 15) is 19.5 Å². The molecule has 2 atom stereocenters. The molecule has 5 aliphatic heterocycles. The Hall–Kier alpha value is -6.15. The van der Waals surface area contributed by atoms with Crippen LogP contribution >= 0.6 is 11.6 Å². The highest BCUT2D eigenvalue weighted by atomic mass is 35.5. The first-order chi connectivity index (χ1) is 32.4. The van der Waals surface area contributed by atoms with Crippen LogP contribution in [0, 0.1) is 34.8 Å². The van der Waals surface area contributed by atoms with Gasteiger partial charge in [-0.2, -0.15) is 9.97 Å². The first-order valence-electron chi connectivity index (χ1n) is 23.2. The number of nitrogens with one attached hydrogen (secondary N) is 2. The second-order valence-corrected chi connectivity index (χ2v) is 19.9. The van der Waals surface area contributed by atoms with E-state index in [0.717, 1.165) is 71.0 Å². The van der Waals surface area contributed by atoms with E-state index in [4.69, 9.17) is 32.7 Å². The zero-order valence-electron chi connectivity index (χ0n) is 36.9. The number of hydrogen-bond acceptors (Lipinski definition) is 11. The number of amides is 4. The zero-order valence-corrected chi connectivity index (χ0v) is 37.7. The van der Waals surface area contributed by atoms with E-state index >= 15 is 8.78 Å². The molecule has 2 unspecified atom stereocenters. The number of urea groups is 1. The molecule has 11 rings (SSSR count). The first kappa shape index (κ1) is 43.4. The molecule has 2 bridgehead atoms. The third-order valence-electron chi connectivity index (χ3n) is 15.2. The lowest BCUT2D eigenvalue weighted by molar-refractivity contribution is -0.120. The molecule has 67 heavy (non-hydrogen) atoms. The quantitative estimate of drug-likeness (QED) is 0.131. The van der Waals surface area contributed by atoms with Gasteiger partial charge in [0.25, 0.3) is 5.91 Å². The van der Waals surface area contributed by atoms with E-state index in [0.29, 0.717) is 65.6 Å². The second kappa shape index (κ2) is 16.9. The van der Waals surface area contributed by atoms with Gasteiger partial charge in [-0.25, -0.2) is 13.6 Å². The number of carbonyl (C=O) groups is 3. The standard InChI is InChI=1S/C50H50ClF2N9O5/c1-2-34-38(52)8-4-29-21-33(63)23-35(41(29)34)43-42(53)44-36(24-54-43)45(61-25-31-5-6-32(26-61)55-31)58-47(57-44)67-28-50(10-11-50)27-59-17-12-49(13-18-59)14-19-60(20-15-49)46(65)30-3-7-37(51)39(22-30)62-16-9-40(64)56-48(62)66/h1,3-4,7-8,21-24,31-32,55,63H,5-6,9-20,25-28H2,(H,56,64,66). The van der Waals surface area contributed by atoms with Gasteiger partial charge in [0.15, 0.2) is 5.82 Å².